The van der Waals surface area contributed by atoms with E-state index in [1.165, 1.54) is 32.4 Å². The summed E-state index contributed by atoms with van der Waals surface area (Å²) in [6.07, 6.45) is 1.44. The molecule has 0 heterocycles. The Kier molecular flexibility index (Phi) is 4.68. The number of ether oxygens (including phenoxy) is 1. The Morgan fingerprint density at radius 3 is 2.63 bits per heavy atom. The fraction of sp³-hybridized carbons (Fsp3) is 0.250. The van der Waals surface area contributed by atoms with Crippen LogP contribution < -0.4 is 4.74 Å². The minimum Gasteiger partial charge on any atom is -0.496 e. The van der Waals surface area contributed by atoms with Crippen LogP contribution in [0.5, 0.6) is 5.75 Å². The maximum absolute atomic E-state index is 12.1. The van der Waals surface area contributed by atoms with Crippen molar-refractivity contribution in [3.63, 3.8) is 0 Å². The van der Waals surface area contributed by atoms with Crippen molar-refractivity contribution < 1.29 is 23.1 Å². The Balaban J connectivity index is 3.33. The van der Waals surface area contributed by atoms with E-state index in [-0.39, 0.29) is 22.8 Å². The van der Waals surface area contributed by atoms with Gasteiger partial charge in [-0.05, 0) is 18.2 Å². The van der Waals surface area contributed by atoms with E-state index < -0.39 is 16.0 Å². The number of carboxylic acid groups (broad SMARTS) is 1. The van der Waals surface area contributed by atoms with Gasteiger partial charge in [-0.2, -0.15) is 4.31 Å². The molecule has 0 spiro atoms. The van der Waals surface area contributed by atoms with Crippen LogP contribution in [0.15, 0.2) is 35.7 Å². The Bertz CT molecular complexity index is 594. The monoisotopic (exact) mass is 285 g/mol. The summed E-state index contributed by atoms with van der Waals surface area (Å²) in [5.41, 5.74) is -0.199. The van der Waals surface area contributed by atoms with Crippen LogP contribution in [0.25, 0.3) is 0 Å². The first-order valence-corrected chi connectivity index (χ1v) is 6.77. The number of aromatic carboxylic acids is 1. The normalized spacial score (nSPS) is 11.3. The van der Waals surface area contributed by atoms with Gasteiger partial charge in [0.15, 0.2) is 0 Å². The lowest BCUT2D eigenvalue weighted by molar-refractivity contribution is 0.0693. The maximum Gasteiger partial charge on any atom is 0.339 e. The summed E-state index contributed by atoms with van der Waals surface area (Å²) in [7, 11) is -1.03. The molecule has 1 N–H and O–H groups in total. The van der Waals surface area contributed by atoms with Crippen LogP contribution in [0.1, 0.15) is 10.4 Å². The minimum absolute atomic E-state index is 0.102. The van der Waals surface area contributed by atoms with Gasteiger partial charge in [0.1, 0.15) is 11.3 Å². The van der Waals surface area contributed by atoms with Crippen LogP contribution >= 0.6 is 0 Å². The highest BCUT2D eigenvalue weighted by Crippen LogP contribution is 2.24. The number of sulfonamides is 1. The molecule has 104 valence electrons. The van der Waals surface area contributed by atoms with Gasteiger partial charge in [-0.3, -0.25) is 0 Å². The predicted molar refractivity (Wildman–Crippen MR) is 70.0 cm³/mol. The zero-order valence-electron chi connectivity index (χ0n) is 10.7. The summed E-state index contributed by atoms with van der Waals surface area (Å²) in [5.74, 6) is -1.14. The van der Waals surface area contributed by atoms with Gasteiger partial charge < -0.3 is 9.84 Å². The van der Waals surface area contributed by atoms with E-state index in [0.717, 1.165) is 10.4 Å². The molecule has 0 unspecified atom stereocenters. The summed E-state index contributed by atoms with van der Waals surface area (Å²) < 4.78 is 30.2. The van der Waals surface area contributed by atoms with E-state index in [1.54, 1.807) is 0 Å². The molecule has 1 aromatic rings. The maximum atomic E-state index is 12.1. The summed E-state index contributed by atoms with van der Waals surface area (Å²) in [6.45, 7) is 3.60. The molecular formula is C12H15NO5S. The molecule has 1 rings (SSSR count). The van der Waals surface area contributed by atoms with E-state index in [2.05, 4.69) is 6.58 Å². The lowest BCUT2D eigenvalue weighted by Gasteiger charge is -2.16. The van der Waals surface area contributed by atoms with E-state index >= 15 is 0 Å². The predicted octanol–water partition coefficient (Wildman–Crippen LogP) is 1.20. The SMILES string of the molecule is C=CCN(C)S(=O)(=O)c1ccc(OC)c(C(=O)O)c1. The summed E-state index contributed by atoms with van der Waals surface area (Å²) in [6, 6.07) is 3.70. The number of rotatable bonds is 6. The van der Waals surface area contributed by atoms with Crippen LogP contribution in [-0.2, 0) is 10.0 Å². The zero-order chi connectivity index (χ0) is 14.6. The van der Waals surface area contributed by atoms with Crippen LogP contribution in [0.4, 0.5) is 0 Å². The lowest BCUT2D eigenvalue weighted by atomic mass is 10.2. The number of carbonyl (C=O) groups is 1. The van der Waals surface area contributed by atoms with Crippen molar-refractivity contribution >= 4 is 16.0 Å². The average Bonchev–Trinajstić information content (AvgIpc) is 2.38. The molecule has 7 heteroatoms. The molecular weight excluding hydrogens is 270 g/mol. The first-order chi connectivity index (χ1) is 8.84. The third-order valence-corrected chi connectivity index (χ3v) is 4.32. The second kappa shape index (κ2) is 5.85. The van der Waals surface area contributed by atoms with Crippen LogP contribution in [-0.4, -0.2) is 44.5 Å². The molecule has 0 aliphatic heterocycles. The van der Waals surface area contributed by atoms with Crippen molar-refractivity contribution in [3.8, 4) is 5.75 Å². The number of hydrogen-bond donors (Lipinski definition) is 1. The van der Waals surface area contributed by atoms with Crippen molar-refractivity contribution in [1.82, 2.24) is 4.31 Å². The molecule has 19 heavy (non-hydrogen) atoms. The number of hydrogen-bond acceptors (Lipinski definition) is 4. The fourth-order valence-corrected chi connectivity index (χ4v) is 2.64. The highest BCUT2D eigenvalue weighted by Gasteiger charge is 2.22. The molecule has 0 saturated carbocycles. The van der Waals surface area contributed by atoms with Gasteiger partial charge in [-0.25, -0.2) is 13.2 Å². The highest BCUT2D eigenvalue weighted by molar-refractivity contribution is 7.89. The van der Waals surface area contributed by atoms with E-state index in [1.807, 2.05) is 0 Å². The van der Waals surface area contributed by atoms with E-state index in [0.29, 0.717) is 0 Å². The van der Waals surface area contributed by atoms with Crippen molar-refractivity contribution in [2.75, 3.05) is 20.7 Å². The van der Waals surface area contributed by atoms with E-state index in [4.69, 9.17) is 9.84 Å². The van der Waals surface area contributed by atoms with Crippen molar-refractivity contribution in [2.24, 2.45) is 0 Å². The Hall–Kier alpha value is -1.86. The molecule has 0 aliphatic rings. The van der Waals surface area contributed by atoms with Gasteiger partial charge >= 0.3 is 5.97 Å². The summed E-state index contributed by atoms with van der Waals surface area (Å²) in [4.78, 5) is 10.9. The quantitative estimate of drug-likeness (QED) is 0.794. The number of nitrogens with zero attached hydrogens (tertiary/aromatic N) is 1. The van der Waals surface area contributed by atoms with Gasteiger partial charge in [-0.1, -0.05) is 6.08 Å². The molecule has 0 fully saturated rings. The highest BCUT2D eigenvalue weighted by atomic mass is 32.2. The van der Waals surface area contributed by atoms with Crippen molar-refractivity contribution in [3.05, 3.63) is 36.4 Å². The first-order valence-electron chi connectivity index (χ1n) is 5.33. The van der Waals surface area contributed by atoms with Gasteiger partial charge in [0.05, 0.1) is 12.0 Å². The topological polar surface area (TPSA) is 83.9 Å². The number of likely N-dealkylation sites (N-methyl/N-ethyl adjacent to an activating group) is 1. The fourth-order valence-electron chi connectivity index (χ4n) is 1.47. The third kappa shape index (κ3) is 3.12. The van der Waals surface area contributed by atoms with Gasteiger partial charge in [-0.15, -0.1) is 6.58 Å². The van der Waals surface area contributed by atoms with Gasteiger partial charge in [0.25, 0.3) is 0 Å². The number of methoxy groups -OCH3 is 1. The van der Waals surface area contributed by atoms with Crippen molar-refractivity contribution in [1.29, 1.82) is 0 Å². The van der Waals surface area contributed by atoms with Gasteiger partial charge in [0, 0.05) is 13.6 Å². The van der Waals surface area contributed by atoms with Crippen LogP contribution in [0, 0.1) is 0 Å². The number of benzene rings is 1. The molecule has 0 amide bonds. The largest absolute Gasteiger partial charge is 0.496 e. The minimum atomic E-state index is -3.74. The Morgan fingerprint density at radius 2 is 2.16 bits per heavy atom. The first kappa shape index (κ1) is 15.2. The van der Waals surface area contributed by atoms with Crippen molar-refractivity contribution in [2.45, 2.75) is 4.90 Å². The average molecular weight is 285 g/mol. The molecule has 1 aromatic carbocycles. The third-order valence-electron chi connectivity index (χ3n) is 2.50. The zero-order valence-corrected chi connectivity index (χ0v) is 11.5. The second-order valence-electron chi connectivity index (χ2n) is 3.74. The molecule has 0 bridgehead atoms. The standard InChI is InChI=1S/C12H15NO5S/c1-4-7-13(2)19(16,17)9-5-6-11(18-3)10(8-9)12(14)15/h4-6,8H,1,7H2,2-3H3,(H,14,15). The van der Waals surface area contributed by atoms with Gasteiger partial charge in [0.2, 0.25) is 10.0 Å². The summed E-state index contributed by atoms with van der Waals surface area (Å²) in [5, 5.41) is 9.02. The molecule has 0 aliphatic carbocycles. The molecule has 0 radical (unpaired) electrons. The molecule has 0 atom stereocenters. The summed E-state index contributed by atoms with van der Waals surface area (Å²) >= 11 is 0. The van der Waals surface area contributed by atoms with E-state index in [9.17, 15) is 13.2 Å². The second-order valence-corrected chi connectivity index (χ2v) is 5.79. The molecule has 6 nitrogen and oxygen atoms in total. The van der Waals surface area contributed by atoms with Crippen LogP contribution in [0.3, 0.4) is 0 Å². The van der Waals surface area contributed by atoms with Crippen LogP contribution in [0.2, 0.25) is 0 Å². The number of carboxylic acids is 1. The Labute approximate surface area is 112 Å². The molecule has 0 aromatic heterocycles. The Morgan fingerprint density at radius 1 is 1.53 bits per heavy atom. The lowest BCUT2D eigenvalue weighted by Crippen LogP contribution is -2.27. The molecule has 0 saturated heterocycles. The smallest absolute Gasteiger partial charge is 0.339 e.